The van der Waals surface area contributed by atoms with Crippen molar-refractivity contribution in [2.75, 3.05) is 19.6 Å². The molecule has 0 aromatic heterocycles. The maximum Gasteiger partial charge on any atom is 0.0451 e. The molecule has 2 atom stereocenters. The number of rotatable bonds is 5. The molecule has 0 spiro atoms. The topological polar surface area (TPSA) is 15.3 Å². The van der Waals surface area contributed by atoms with Crippen LogP contribution in [-0.2, 0) is 6.54 Å². The summed E-state index contributed by atoms with van der Waals surface area (Å²) in [4.78, 5) is 2.52. The average Bonchev–Trinajstić information content (AvgIpc) is 2.40. The van der Waals surface area contributed by atoms with Crippen LogP contribution in [-0.4, -0.2) is 30.6 Å². The predicted octanol–water partition coefficient (Wildman–Crippen LogP) is 3.55. The zero-order valence-corrected chi connectivity index (χ0v) is 12.8. The summed E-state index contributed by atoms with van der Waals surface area (Å²) in [5, 5.41) is 4.55. The molecule has 0 saturated carbocycles. The van der Waals surface area contributed by atoms with E-state index in [1.165, 1.54) is 18.4 Å². The zero-order chi connectivity index (χ0) is 13.7. The highest BCUT2D eigenvalue weighted by Crippen LogP contribution is 2.22. The fraction of sp³-hybridized carbons (Fsp3) is 0.625. The molecule has 1 aliphatic rings. The Morgan fingerprint density at radius 1 is 1.37 bits per heavy atom. The summed E-state index contributed by atoms with van der Waals surface area (Å²) in [6, 6.07) is 8.86. The van der Waals surface area contributed by atoms with E-state index < -0.39 is 0 Å². The number of likely N-dealkylation sites (tertiary alicyclic amines) is 1. The highest BCUT2D eigenvalue weighted by Gasteiger charge is 2.25. The Morgan fingerprint density at radius 2 is 2.16 bits per heavy atom. The van der Waals surface area contributed by atoms with Gasteiger partial charge in [-0.2, -0.15) is 0 Å². The van der Waals surface area contributed by atoms with Crippen molar-refractivity contribution >= 4 is 11.6 Å². The van der Waals surface area contributed by atoms with Crippen LogP contribution in [0.2, 0.25) is 5.02 Å². The van der Waals surface area contributed by atoms with Gasteiger partial charge in [0.05, 0.1) is 0 Å². The van der Waals surface area contributed by atoms with E-state index in [1.54, 1.807) is 0 Å². The minimum atomic E-state index is 0.683. The quantitative estimate of drug-likeness (QED) is 0.887. The van der Waals surface area contributed by atoms with Gasteiger partial charge < -0.3 is 5.32 Å². The molecule has 19 heavy (non-hydrogen) atoms. The van der Waals surface area contributed by atoms with Gasteiger partial charge in [0, 0.05) is 24.2 Å². The zero-order valence-electron chi connectivity index (χ0n) is 12.0. The number of piperidine rings is 1. The monoisotopic (exact) mass is 280 g/mol. The lowest BCUT2D eigenvalue weighted by Gasteiger charge is -2.37. The van der Waals surface area contributed by atoms with Gasteiger partial charge in [-0.25, -0.2) is 0 Å². The molecule has 106 valence electrons. The lowest BCUT2D eigenvalue weighted by Crippen LogP contribution is -2.48. The summed E-state index contributed by atoms with van der Waals surface area (Å²) < 4.78 is 0. The van der Waals surface area contributed by atoms with E-state index >= 15 is 0 Å². The Hall–Kier alpha value is -0.570. The van der Waals surface area contributed by atoms with E-state index in [9.17, 15) is 0 Å². The van der Waals surface area contributed by atoms with Gasteiger partial charge in [0.15, 0.2) is 0 Å². The highest BCUT2D eigenvalue weighted by atomic mass is 35.5. The van der Waals surface area contributed by atoms with Crippen LogP contribution in [0.5, 0.6) is 0 Å². The van der Waals surface area contributed by atoms with Crippen LogP contribution in [0, 0.1) is 5.92 Å². The van der Waals surface area contributed by atoms with Crippen molar-refractivity contribution in [1.29, 1.82) is 0 Å². The minimum Gasteiger partial charge on any atom is -0.314 e. The number of halogens is 1. The first-order chi connectivity index (χ1) is 9.20. The third-order valence-corrected chi connectivity index (χ3v) is 4.37. The lowest BCUT2D eigenvalue weighted by molar-refractivity contribution is 0.141. The number of hydrogen-bond donors (Lipinski definition) is 1. The van der Waals surface area contributed by atoms with Crippen molar-refractivity contribution in [2.24, 2.45) is 5.92 Å². The van der Waals surface area contributed by atoms with Crippen molar-refractivity contribution in [1.82, 2.24) is 10.2 Å². The molecule has 3 heteroatoms. The smallest absolute Gasteiger partial charge is 0.0451 e. The van der Waals surface area contributed by atoms with Crippen LogP contribution in [0.15, 0.2) is 24.3 Å². The van der Waals surface area contributed by atoms with Crippen LogP contribution in [0.25, 0.3) is 0 Å². The van der Waals surface area contributed by atoms with Crippen molar-refractivity contribution in [3.05, 3.63) is 34.9 Å². The molecule has 0 amide bonds. The number of hydrogen-bond acceptors (Lipinski definition) is 2. The van der Waals surface area contributed by atoms with Crippen molar-refractivity contribution in [2.45, 2.75) is 39.3 Å². The summed E-state index contributed by atoms with van der Waals surface area (Å²) in [5.74, 6) is 0.711. The molecule has 2 nitrogen and oxygen atoms in total. The van der Waals surface area contributed by atoms with E-state index in [0.717, 1.165) is 31.2 Å². The molecule has 1 N–H and O–H groups in total. The Bertz CT molecular complexity index is 394. The summed E-state index contributed by atoms with van der Waals surface area (Å²) in [6.45, 7) is 9.02. The van der Waals surface area contributed by atoms with E-state index in [2.05, 4.69) is 36.2 Å². The molecule has 1 saturated heterocycles. The average molecular weight is 281 g/mol. The second-order valence-electron chi connectivity index (χ2n) is 5.65. The summed E-state index contributed by atoms with van der Waals surface area (Å²) >= 11 is 6.24. The van der Waals surface area contributed by atoms with E-state index in [4.69, 9.17) is 11.6 Å². The molecule has 1 heterocycles. The highest BCUT2D eigenvalue weighted by molar-refractivity contribution is 6.31. The first-order valence-electron chi connectivity index (χ1n) is 7.40. The molecule has 0 radical (unpaired) electrons. The lowest BCUT2D eigenvalue weighted by atomic mass is 9.93. The first-order valence-corrected chi connectivity index (χ1v) is 7.77. The van der Waals surface area contributed by atoms with Gasteiger partial charge >= 0.3 is 0 Å². The summed E-state index contributed by atoms with van der Waals surface area (Å²) in [7, 11) is 0. The molecule has 2 unspecified atom stereocenters. The molecular weight excluding hydrogens is 256 g/mol. The van der Waals surface area contributed by atoms with Crippen LogP contribution in [0.4, 0.5) is 0 Å². The molecule has 1 aliphatic heterocycles. The largest absolute Gasteiger partial charge is 0.314 e. The predicted molar refractivity (Wildman–Crippen MR) is 82.6 cm³/mol. The molecule has 0 bridgehead atoms. The van der Waals surface area contributed by atoms with Gasteiger partial charge in [-0.15, -0.1) is 0 Å². The van der Waals surface area contributed by atoms with Gasteiger partial charge in [0.2, 0.25) is 0 Å². The normalized spacial score (nSPS) is 24.6. The number of nitrogens with one attached hydrogen (secondary N) is 1. The summed E-state index contributed by atoms with van der Waals surface area (Å²) in [6.07, 6.45) is 2.46. The van der Waals surface area contributed by atoms with Crippen molar-refractivity contribution in [3.8, 4) is 0 Å². The number of nitrogens with zero attached hydrogens (tertiary/aromatic N) is 1. The van der Waals surface area contributed by atoms with E-state index in [0.29, 0.717) is 12.0 Å². The molecule has 1 aromatic rings. The Kier molecular flexibility index (Phi) is 5.68. The third-order valence-electron chi connectivity index (χ3n) is 4.00. The van der Waals surface area contributed by atoms with Gasteiger partial charge in [-0.1, -0.05) is 43.6 Å². The van der Waals surface area contributed by atoms with Crippen LogP contribution < -0.4 is 5.32 Å². The van der Waals surface area contributed by atoms with Crippen LogP contribution >= 0.6 is 11.6 Å². The van der Waals surface area contributed by atoms with Crippen molar-refractivity contribution in [3.63, 3.8) is 0 Å². The first kappa shape index (κ1) is 14.8. The van der Waals surface area contributed by atoms with Crippen molar-refractivity contribution < 1.29 is 0 Å². The second kappa shape index (κ2) is 7.28. The van der Waals surface area contributed by atoms with Gasteiger partial charge in [0.1, 0.15) is 0 Å². The molecule has 1 aromatic carbocycles. The molecule has 1 fully saturated rings. The maximum absolute atomic E-state index is 6.24. The molecular formula is C16H25ClN2. The molecule has 2 rings (SSSR count). The van der Waals surface area contributed by atoms with Gasteiger partial charge in [-0.3, -0.25) is 4.90 Å². The third kappa shape index (κ3) is 4.20. The SMILES string of the molecule is CCCNC1CCN(Cc2ccccc2Cl)CC1C. The van der Waals surface area contributed by atoms with Gasteiger partial charge in [0.25, 0.3) is 0 Å². The fourth-order valence-electron chi connectivity index (χ4n) is 2.88. The van der Waals surface area contributed by atoms with E-state index in [-0.39, 0.29) is 0 Å². The molecule has 0 aliphatic carbocycles. The summed E-state index contributed by atoms with van der Waals surface area (Å²) in [5.41, 5.74) is 1.25. The Balaban J connectivity index is 1.86. The Morgan fingerprint density at radius 3 is 2.84 bits per heavy atom. The second-order valence-corrected chi connectivity index (χ2v) is 6.06. The number of benzene rings is 1. The Labute approximate surface area is 122 Å². The minimum absolute atomic E-state index is 0.683. The van der Waals surface area contributed by atoms with Gasteiger partial charge in [-0.05, 0) is 43.5 Å². The maximum atomic E-state index is 6.24. The fourth-order valence-corrected chi connectivity index (χ4v) is 3.07. The van der Waals surface area contributed by atoms with Crippen LogP contribution in [0.1, 0.15) is 32.3 Å². The standard InChI is InChI=1S/C16H25ClN2/c1-3-9-18-16-8-10-19(11-13(16)2)12-14-6-4-5-7-15(14)17/h4-7,13,16,18H,3,8-12H2,1-2H3. The van der Waals surface area contributed by atoms with E-state index in [1.807, 2.05) is 12.1 Å². The van der Waals surface area contributed by atoms with Crippen LogP contribution in [0.3, 0.4) is 0 Å².